The predicted molar refractivity (Wildman–Crippen MR) is 78.0 cm³/mol. The molecule has 1 aromatic carbocycles. The van der Waals surface area contributed by atoms with Crippen LogP contribution in [0.15, 0.2) is 36.4 Å². The van der Waals surface area contributed by atoms with Crippen LogP contribution in [-0.2, 0) is 20.7 Å². The minimum absolute atomic E-state index is 0.312. The third-order valence-corrected chi connectivity index (χ3v) is 4.31. The summed E-state index contributed by atoms with van der Waals surface area (Å²) in [5.74, 6) is -3.19. The van der Waals surface area contributed by atoms with Crippen molar-refractivity contribution in [2.45, 2.75) is 18.6 Å². The Balaban J connectivity index is 1.58. The van der Waals surface area contributed by atoms with Gasteiger partial charge in [-0.25, -0.2) is 0 Å². The van der Waals surface area contributed by atoms with E-state index in [2.05, 4.69) is 5.32 Å². The van der Waals surface area contributed by atoms with E-state index in [1.165, 1.54) is 0 Å². The zero-order valence-electron chi connectivity index (χ0n) is 11.7. The number of hydrogen-bond acceptors (Lipinski definition) is 4. The number of fused-ring (bicyclic) bond motifs is 2. The summed E-state index contributed by atoms with van der Waals surface area (Å²) in [4.78, 5) is 23.5. The maximum absolute atomic E-state index is 12.3. The van der Waals surface area contributed by atoms with E-state index in [1.807, 2.05) is 18.2 Å². The van der Waals surface area contributed by atoms with E-state index in [0.29, 0.717) is 18.0 Å². The van der Waals surface area contributed by atoms with Crippen molar-refractivity contribution in [2.24, 2.45) is 11.8 Å². The first-order valence-electron chi connectivity index (χ1n) is 7.13. The summed E-state index contributed by atoms with van der Waals surface area (Å²) in [6, 6.07) is 7.39. The third kappa shape index (κ3) is 2.87. The molecule has 2 bridgehead atoms. The van der Waals surface area contributed by atoms with Crippen molar-refractivity contribution < 1.29 is 19.4 Å². The Kier molecular flexibility index (Phi) is 4.18. The number of ether oxygens (including phenoxy) is 1. The van der Waals surface area contributed by atoms with Crippen LogP contribution < -0.4 is 10.4 Å². The molecule has 1 saturated heterocycles. The molecule has 0 aromatic heterocycles. The molecule has 3 rings (SSSR count). The van der Waals surface area contributed by atoms with Gasteiger partial charge >= 0.3 is 0 Å². The molecule has 5 nitrogen and oxygen atoms in total. The smallest absolute Gasteiger partial charge is 0.226 e. The fourth-order valence-corrected chi connectivity index (χ4v) is 3.25. The Morgan fingerprint density at radius 3 is 2.64 bits per heavy atom. The van der Waals surface area contributed by atoms with Gasteiger partial charge in [0.2, 0.25) is 5.91 Å². The predicted octanol–water partition coefficient (Wildman–Crippen LogP) is 0.318. The first-order valence-corrected chi connectivity index (χ1v) is 7.51. The van der Waals surface area contributed by atoms with E-state index in [-0.39, 0.29) is 5.91 Å². The van der Waals surface area contributed by atoms with E-state index in [1.54, 1.807) is 18.2 Å². The van der Waals surface area contributed by atoms with Crippen molar-refractivity contribution in [1.29, 1.82) is 0 Å². The average molecular weight is 321 g/mol. The lowest BCUT2D eigenvalue weighted by atomic mass is 9.82. The molecule has 0 spiro atoms. The fraction of sp³-hybridized carbons (Fsp3) is 0.375. The Labute approximate surface area is 132 Å². The third-order valence-electron chi connectivity index (χ3n) is 4.08. The van der Waals surface area contributed by atoms with Gasteiger partial charge in [0.15, 0.2) is 0 Å². The van der Waals surface area contributed by atoms with Gasteiger partial charge in [-0.2, -0.15) is 0 Å². The van der Waals surface area contributed by atoms with Crippen LogP contribution >= 0.6 is 11.6 Å². The summed E-state index contributed by atoms with van der Waals surface area (Å²) in [7, 11) is 0. The van der Waals surface area contributed by atoms with Crippen LogP contribution in [0.3, 0.4) is 0 Å². The van der Waals surface area contributed by atoms with Gasteiger partial charge < -0.3 is 20.0 Å². The van der Waals surface area contributed by atoms with Crippen LogP contribution in [0, 0.1) is 11.8 Å². The lowest BCUT2D eigenvalue weighted by molar-refractivity contribution is -0.313. The molecule has 0 aliphatic carbocycles. The van der Waals surface area contributed by atoms with E-state index >= 15 is 0 Å². The molecular weight excluding hydrogens is 306 g/mol. The lowest BCUT2D eigenvalue weighted by Crippen LogP contribution is -2.47. The highest BCUT2D eigenvalue weighted by molar-refractivity contribution is 6.30. The zero-order chi connectivity index (χ0) is 15.7. The van der Waals surface area contributed by atoms with Crippen molar-refractivity contribution in [3.05, 3.63) is 47.0 Å². The number of rotatable bonds is 5. The summed E-state index contributed by atoms with van der Waals surface area (Å²) < 4.78 is 5.45. The molecule has 1 aromatic rings. The molecule has 22 heavy (non-hydrogen) atoms. The number of halogens is 1. The van der Waals surface area contributed by atoms with Crippen LogP contribution in [0.25, 0.3) is 0 Å². The first-order chi connectivity index (χ1) is 10.6. The monoisotopic (exact) mass is 320 g/mol. The summed E-state index contributed by atoms with van der Waals surface area (Å²) in [5, 5.41) is 14.6. The van der Waals surface area contributed by atoms with Crippen LogP contribution in [0.2, 0.25) is 5.02 Å². The maximum Gasteiger partial charge on any atom is 0.226 e. The van der Waals surface area contributed by atoms with E-state index < -0.39 is 30.0 Å². The highest BCUT2D eigenvalue weighted by atomic mass is 35.5. The van der Waals surface area contributed by atoms with Crippen LogP contribution in [-0.4, -0.2) is 30.6 Å². The van der Waals surface area contributed by atoms with Crippen molar-refractivity contribution in [3.63, 3.8) is 0 Å². The molecule has 1 fully saturated rings. The normalized spacial score (nSPS) is 28.8. The van der Waals surface area contributed by atoms with Crippen molar-refractivity contribution in [3.8, 4) is 0 Å². The van der Waals surface area contributed by atoms with Gasteiger partial charge in [-0.15, -0.1) is 0 Å². The number of amides is 1. The number of nitrogens with one attached hydrogen (secondary N) is 1. The van der Waals surface area contributed by atoms with Crippen LogP contribution in [0.4, 0.5) is 0 Å². The molecule has 116 valence electrons. The van der Waals surface area contributed by atoms with Gasteiger partial charge in [0, 0.05) is 23.5 Å². The molecule has 4 atom stereocenters. The molecule has 0 saturated carbocycles. The number of carbonyl (C=O) groups is 2. The number of aliphatic carboxylic acids is 1. The molecule has 1 amide bonds. The largest absolute Gasteiger partial charge is 0.550 e. The first kappa shape index (κ1) is 15.1. The molecule has 0 radical (unpaired) electrons. The number of hydrogen-bond donors (Lipinski definition) is 1. The Morgan fingerprint density at radius 2 is 1.95 bits per heavy atom. The molecule has 2 heterocycles. The standard InChI is InChI=1S/C16H16ClNO4/c17-10-3-1-2-9(8-10)6-7-18-15(19)13-11-4-5-12(22-11)14(13)16(20)21/h1-5,8,11-14H,6-7H2,(H,18,19)(H,20,21)/p-1/t11-,12+,13-,14+/m1/s1. The molecule has 2 aliphatic rings. The summed E-state index contributed by atoms with van der Waals surface area (Å²) in [6.07, 6.45) is 3.02. The van der Waals surface area contributed by atoms with Crippen molar-refractivity contribution in [2.75, 3.05) is 6.54 Å². The SMILES string of the molecule is O=C([O-])[C@@H]1[C@H](C(=O)NCCc2cccc(Cl)c2)[C@H]2C=C[C@@H]1O2. The number of carboxylic acids is 1. The van der Waals surface area contributed by atoms with Crippen molar-refractivity contribution >= 4 is 23.5 Å². The minimum atomic E-state index is -1.24. The second-order valence-electron chi connectivity index (χ2n) is 5.49. The van der Waals surface area contributed by atoms with Gasteiger partial charge in [-0.05, 0) is 24.1 Å². The summed E-state index contributed by atoms with van der Waals surface area (Å²) >= 11 is 5.90. The Morgan fingerprint density at radius 1 is 1.23 bits per heavy atom. The lowest BCUT2D eigenvalue weighted by Gasteiger charge is -2.24. The van der Waals surface area contributed by atoms with Crippen LogP contribution in [0.1, 0.15) is 5.56 Å². The maximum atomic E-state index is 12.3. The van der Waals surface area contributed by atoms with E-state index in [9.17, 15) is 14.7 Å². The summed E-state index contributed by atoms with van der Waals surface area (Å²) in [5.41, 5.74) is 1.01. The molecule has 6 heteroatoms. The second-order valence-corrected chi connectivity index (χ2v) is 5.93. The zero-order valence-corrected chi connectivity index (χ0v) is 12.5. The number of benzene rings is 1. The molecular formula is C16H15ClNO4-. The highest BCUT2D eigenvalue weighted by Crippen LogP contribution is 2.38. The van der Waals surface area contributed by atoms with E-state index in [4.69, 9.17) is 16.3 Å². The fourth-order valence-electron chi connectivity index (χ4n) is 3.04. The molecule has 1 N–H and O–H groups in total. The van der Waals surface area contributed by atoms with Gasteiger partial charge in [-0.1, -0.05) is 35.9 Å². The number of carbonyl (C=O) groups excluding carboxylic acids is 2. The van der Waals surface area contributed by atoms with E-state index in [0.717, 1.165) is 5.56 Å². The van der Waals surface area contributed by atoms with Gasteiger partial charge in [0.05, 0.1) is 18.1 Å². The Hall–Kier alpha value is -1.85. The van der Waals surface area contributed by atoms with Gasteiger partial charge in [0.1, 0.15) is 0 Å². The number of carboxylic acid groups (broad SMARTS) is 1. The van der Waals surface area contributed by atoms with Gasteiger partial charge in [0.25, 0.3) is 0 Å². The van der Waals surface area contributed by atoms with Gasteiger partial charge in [-0.3, -0.25) is 4.79 Å². The second kappa shape index (κ2) is 6.10. The quantitative estimate of drug-likeness (QED) is 0.792. The highest BCUT2D eigenvalue weighted by Gasteiger charge is 2.50. The van der Waals surface area contributed by atoms with Crippen molar-refractivity contribution in [1.82, 2.24) is 5.32 Å². The molecule has 2 aliphatic heterocycles. The average Bonchev–Trinajstić information content (AvgIpc) is 3.07. The summed E-state index contributed by atoms with van der Waals surface area (Å²) in [6.45, 7) is 0.413. The molecule has 0 unspecified atom stereocenters. The Bertz CT molecular complexity index is 630. The minimum Gasteiger partial charge on any atom is -0.550 e. The van der Waals surface area contributed by atoms with Crippen LogP contribution in [0.5, 0.6) is 0 Å². The topological polar surface area (TPSA) is 78.5 Å².